The molecular formula is C19H24FNO3. The number of amides is 1. The standard InChI is InChI=1S/C19H24FNO3/c1-13(14-4-2-5-15(20)11-14)10-19(23)21-8-3-6-17(21)16-12-24-9-7-18(16)22/h2,4-5,10-11,16-18,22H,3,6-9,12H2,1H3/b13-10+. The Morgan fingerprint density at radius 3 is 3.00 bits per heavy atom. The van der Waals surface area contributed by atoms with Crippen LogP contribution in [0, 0.1) is 11.7 Å². The van der Waals surface area contributed by atoms with Crippen LogP contribution in [-0.4, -0.2) is 47.8 Å². The smallest absolute Gasteiger partial charge is 0.247 e. The van der Waals surface area contributed by atoms with Crippen molar-refractivity contribution in [2.75, 3.05) is 19.8 Å². The first kappa shape index (κ1) is 17.1. The molecule has 1 amide bonds. The van der Waals surface area contributed by atoms with E-state index in [1.807, 2.05) is 11.8 Å². The number of hydrogen-bond donors (Lipinski definition) is 1. The van der Waals surface area contributed by atoms with Crippen LogP contribution in [0.4, 0.5) is 4.39 Å². The highest BCUT2D eigenvalue weighted by Crippen LogP contribution is 2.30. The fraction of sp³-hybridized carbons (Fsp3) is 0.526. The lowest BCUT2D eigenvalue weighted by molar-refractivity contribution is -0.131. The summed E-state index contributed by atoms with van der Waals surface area (Å²) < 4.78 is 18.9. The van der Waals surface area contributed by atoms with Crippen LogP contribution in [0.25, 0.3) is 5.57 Å². The van der Waals surface area contributed by atoms with Gasteiger partial charge in [-0.05, 0) is 49.5 Å². The van der Waals surface area contributed by atoms with Gasteiger partial charge in [-0.2, -0.15) is 0 Å². The zero-order valence-corrected chi connectivity index (χ0v) is 14.0. The number of benzene rings is 1. The van der Waals surface area contributed by atoms with Gasteiger partial charge in [-0.1, -0.05) is 12.1 Å². The van der Waals surface area contributed by atoms with E-state index in [0.29, 0.717) is 31.7 Å². The van der Waals surface area contributed by atoms with E-state index in [-0.39, 0.29) is 23.7 Å². The van der Waals surface area contributed by atoms with E-state index >= 15 is 0 Å². The summed E-state index contributed by atoms with van der Waals surface area (Å²) in [7, 11) is 0. The van der Waals surface area contributed by atoms with Crippen molar-refractivity contribution in [1.82, 2.24) is 4.90 Å². The number of aliphatic hydroxyl groups is 1. The minimum atomic E-state index is -0.412. The molecule has 1 aromatic carbocycles. The molecule has 2 aliphatic rings. The highest BCUT2D eigenvalue weighted by molar-refractivity contribution is 5.95. The molecule has 24 heavy (non-hydrogen) atoms. The number of hydrogen-bond acceptors (Lipinski definition) is 3. The van der Waals surface area contributed by atoms with Crippen LogP contribution in [-0.2, 0) is 9.53 Å². The molecule has 1 N–H and O–H groups in total. The molecule has 0 radical (unpaired) electrons. The number of allylic oxidation sites excluding steroid dienone is 1. The minimum absolute atomic E-state index is 0.0179. The van der Waals surface area contributed by atoms with Gasteiger partial charge >= 0.3 is 0 Å². The topological polar surface area (TPSA) is 49.8 Å². The van der Waals surface area contributed by atoms with Crippen molar-refractivity contribution in [3.05, 3.63) is 41.7 Å². The second kappa shape index (κ2) is 7.45. The highest BCUT2D eigenvalue weighted by Gasteiger charge is 2.39. The van der Waals surface area contributed by atoms with Gasteiger partial charge in [-0.25, -0.2) is 4.39 Å². The molecule has 3 atom stereocenters. The fourth-order valence-corrected chi connectivity index (χ4v) is 3.71. The molecule has 0 saturated carbocycles. The predicted octanol–water partition coefficient (Wildman–Crippen LogP) is 2.62. The molecule has 0 bridgehead atoms. The van der Waals surface area contributed by atoms with Crippen LogP contribution in [0.5, 0.6) is 0 Å². The number of carbonyl (C=O) groups excluding carboxylic acids is 1. The van der Waals surface area contributed by atoms with Gasteiger partial charge in [0.15, 0.2) is 0 Å². The van der Waals surface area contributed by atoms with Crippen LogP contribution in [0.1, 0.15) is 31.7 Å². The van der Waals surface area contributed by atoms with Crippen LogP contribution in [0.3, 0.4) is 0 Å². The number of aliphatic hydroxyl groups excluding tert-OH is 1. The largest absolute Gasteiger partial charge is 0.393 e. The molecule has 2 fully saturated rings. The molecule has 1 aromatic rings. The fourth-order valence-electron chi connectivity index (χ4n) is 3.71. The Bertz CT molecular complexity index is 631. The van der Waals surface area contributed by atoms with Crippen LogP contribution in [0.15, 0.2) is 30.3 Å². The first-order valence-electron chi connectivity index (χ1n) is 8.57. The Labute approximate surface area is 141 Å². The molecule has 5 heteroatoms. The molecular weight excluding hydrogens is 309 g/mol. The normalized spacial score (nSPS) is 28.2. The second-order valence-corrected chi connectivity index (χ2v) is 6.67. The van der Waals surface area contributed by atoms with E-state index in [1.165, 1.54) is 12.1 Å². The van der Waals surface area contributed by atoms with E-state index in [4.69, 9.17) is 4.74 Å². The SMILES string of the molecule is C/C(=C\C(=O)N1CCCC1C1COCCC1O)c1cccc(F)c1. The average Bonchev–Trinajstić information content (AvgIpc) is 3.04. The van der Waals surface area contributed by atoms with Crippen molar-refractivity contribution in [2.24, 2.45) is 5.92 Å². The minimum Gasteiger partial charge on any atom is -0.393 e. The molecule has 0 spiro atoms. The summed E-state index contributed by atoms with van der Waals surface area (Å²) in [5.74, 6) is -0.403. The lowest BCUT2D eigenvalue weighted by Crippen LogP contribution is -2.47. The van der Waals surface area contributed by atoms with Gasteiger partial charge in [-0.3, -0.25) is 4.79 Å². The van der Waals surface area contributed by atoms with Crippen molar-refractivity contribution in [2.45, 2.75) is 38.3 Å². The molecule has 0 aliphatic carbocycles. The van der Waals surface area contributed by atoms with Gasteiger partial charge in [0.1, 0.15) is 5.82 Å². The number of likely N-dealkylation sites (tertiary alicyclic amines) is 1. The summed E-state index contributed by atoms with van der Waals surface area (Å²) >= 11 is 0. The second-order valence-electron chi connectivity index (χ2n) is 6.67. The van der Waals surface area contributed by atoms with Gasteiger partial charge in [-0.15, -0.1) is 0 Å². The Balaban J connectivity index is 1.74. The third-order valence-corrected chi connectivity index (χ3v) is 5.06. The molecule has 0 aromatic heterocycles. The average molecular weight is 333 g/mol. The molecule has 2 heterocycles. The molecule has 3 unspecified atom stereocenters. The van der Waals surface area contributed by atoms with E-state index in [1.54, 1.807) is 18.2 Å². The lowest BCUT2D eigenvalue weighted by Gasteiger charge is -2.36. The summed E-state index contributed by atoms with van der Waals surface area (Å²) in [6, 6.07) is 6.27. The Morgan fingerprint density at radius 1 is 1.42 bits per heavy atom. The van der Waals surface area contributed by atoms with Gasteiger partial charge in [0.05, 0.1) is 12.7 Å². The Morgan fingerprint density at radius 2 is 2.25 bits per heavy atom. The monoisotopic (exact) mass is 333 g/mol. The van der Waals surface area contributed by atoms with Crippen molar-refractivity contribution >= 4 is 11.5 Å². The Hall–Kier alpha value is -1.72. The van der Waals surface area contributed by atoms with Crippen LogP contribution < -0.4 is 0 Å². The molecule has 4 nitrogen and oxygen atoms in total. The maximum Gasteiger partial charge on any atom is 0.247 e. The number of carbonyl (C=O) groups is 1. The third-order valence-electron chi connectivity index (χ3n) is 5.06. The van der Waals surface area contributed by atoms with Crippen molar-refractivity contribution in [3.8, 4) is 0 Å². The van der Waals surface area contributed by atoms with Crippen molar-refractivity contribution in [1.29, 1.82) is 0 Å². The summed E-state index contributed by atoms with van der Waals surface area (Å²) in [5, 5.41) is 10.2. The van der Waals surface area contributed by atoms with Gasteiger partial charge in [0.25, 0.3) is 0 Å². The molecule has 130 valence electrons. The number of ether oxygens (including phenoxy) is 1. The molecule has 2 saturated heterocycles. The maximum absolute atomic E-state index is 13.3. The zero-order chi connectivity index (χ0) is 17.1. The summed E-state index contributed by atoms with van der Waals surface area (Å²) in [6.45, 7) is 3.59. The number of nitrogens with zero attached hydrogens (tertiary/aromatic N) is 1. The van der Waals surface area contributed by atoms with Crippen LogP contribution in [0.2, 0.25) is 0 Å². The van der Waals surface area contributed by atoms with Crippen LogP contribution >= 0.6 is 0 Å². The van der Waals surface area contributed by atoms with Crippen molar-refractivity contribution < 1.29 is 19.0 Å². The zero-order valence-electron chi connectivity index (χ0n) is 14.0. The third kappa shape index (κ3) is 3.68. The lowest BCUT2D eigenvalue weighted by atomic mass is 9.89. The van der Waals surface area contributed by atoms with E-state index < -0.39 is 6.10 Å². The summed E-state index contributed by atoms with van der Waals surface area (Å²) in [6.07, 6.45) is 3.62. The highest BCUT2D eigenvalue weighted by atomic mass is 19.1. The van der Waals surface area contributed by atoms with E-state index in [0.717, 1.165) is 18.4 Å². The maximum atomic E-state index is 13.3. The van der Waals surface area contributed by atoms with Crippen molar-refractivity contribution in [3.63, 3.8) is 0 Å². The Kier molecular flexibility index (Phi) is 5.31. The van der Waals surface area contributed by atoms with Gasteiger partial charge < -0.3 is 14.7 Å². The first-order chi connectivity index (χ1) is 11.6. The van der Waals surface area contributed by atoms with Gasteiger partial charge in [0, 0.05) is 31.2 Å². The predicted molar refractivity (Wildman–Crippen MR) is 89.7 cm³/mol. The quantitative estimate of drug-likeness (QED) is 0.865. The molecule has 2 aliphatic heterocycles. The van der Waals surface area contributed by atoms with E-state index in [2.05, 4.69) is 0 Å². The van der Waals surface area contributed by atoms with Gasteiger partial charge in [0.2, 0.25) is 5.91 Å². The first-order valence-corrected chi connectivity index (χ1v) is 8.57. The number of rotatable bonds is 3. The summed E-state index contributed by atoms with van der Waals surface area (Å²) in [4.78, 5) is 14.5. The van der Waals surface area contributed by atoms with E-state index in [9.17, 15) is 14.3 Å². The number of halogens is 1. The summed E-state index contributed by atoms with van der Waals surface area (Å²) in [5.41, 5.74) is 1.45. The molecule has 3 rings (SSSR count).